The fourth-order valence-corrected chi connectivity index (χ4v) is 1.04. The Kier molecular flexibility index (Phi) is 2.05. The maximum absolute atomic E-state index is 10.0. The number of rotatable bonds is 3. The summed E-state index contributed by atoms with van der Waals surface area (Å²) in [5.41, 5.74) is 0. The van der Waals surface area contributed by atoms with E-state index in [9.17, 15) is 4.79 Å². The van der Waals surface area contributed by atoms with Crippen LogP contribution >= 0.6 is 0 Å². The number of nitrogens with zero attached hydrogens (tertiary/aromatic N) is 1. The highest BCUT2D eigenvalue weighted by Gasteiger charge is 2.24. The third kappa shape index (κ3) is 1.42. The molecule has 1 aliphatic rings. The second-order valence-electron chi connectivity index (χ2n) is 2.38. The molecule has 3 heteroatoms. The predicted octanol–water partition coefficient (Wildman–Crippen LogP) is -0.279. The van der Waals surface area contributed by atoms with Crippen molar-refractivity contribution in [2.45, 2.75) is 0 Å². The fourth-order valence-electron chi connectivity index (χ4n) is 1.04. The molecule has 0 unspecified atom stereocenters. The van der Waals surface area contributed by atoms with Gasteiger partial charge >= 0.3 is 0 Å². The van der Waals surface area contributed by atoms with Crippen LogP contribution in [0.5, 0.6) is 0 Å². The van der Waals surface area contributed by atoms with Gasteiger partial charge in [-0.05, 0) is 0 Å². The summed E-state index contributed by atoms with van der Waals surface area (Å²) in [6.07, 6.45) is 0.881. The van der Waals surface area contributed by atoms with E-state index < -0.39 is 0 Å². The maximum Gasteiger partial charge on any atom is 0.209 e. The van der Waals surface area contributed by atoms with Gasteiger partial charge in [0.2, 0.25) is 6.41 Å². The zero-order valence-electron chi connectivity index (χ0n) is 5.54. The molecular weight excluding hydrogens is 118 g/mol. The van der Waals surface area contributed by atoms with Gasteiger partial charge in [0.25, 0.3) is 0 Å². The lowest BCUT2D eigenvalue weighted by Gasteiger charge is -2.35. The summed E-state index contributed by atoms with van der Waals surface area (Å²) < 4.78 is 4.90. The minimum atomic E-state index is 0.584. The molecule has 1 rings (SSSR count). The van der Waals surface area contributed by atoms with Crippen LogP contribution in [0.1, 0.15) is 0 Å². The van der Waals surface area contributed by atoms with E-state index in [4.69, 9.17) is 4.74 Å². The summed E-state index contributed by atoms with van der Waals surface area (Å²) in [5, 5.41) is 0. The number of hydrogen-bond donors (Lipinski definition) is 0. The molecule has 0 radical (unpaired) electrons. The van der Waals surface area contributed by atoms with Crippen molar-refractivity contribution in [3.05, 3.63) is 0 Å². The number of amides is 1. The normalized spacial score (nSPS) is 19.4. The second kappa shape index (κ2) is 2.82. The summed E-state index contributed by atoms with van der Waals surface area (Å²) in [6, 6.07) is 0. The second-order valence-corrected chi connectivity index (χ2v) is 2.38. The van der Waals surface area contributed by atoms with Crippen molar-refractivity contribution in [1.82, 2.24) is 4.90 Å². The van der Waals surface area contributed by atoms with Crippen LogP contribution in [0.2, 0.25) is 0 Å². The Morgan fingerprint density at radius 2 is 2.44 bits per heavy atom. The van der Waals surface area contributed by atoms with Gasteiger partial charge in [0, 0.05) is 26.1 Å². The fraction of sp³-hybridized carbons (Fsp3) is 0.833. The molecule has 1 aliphatic heterocycles. The molecule has 1 amide bonds. The summed E-state index contributed by atoms with van der Waals surface area (Å²) in [4.78, 5) is 11.8. The Hall–Kier alpha value is -0.570. The van der Waals surface area contributed by atoms with E-state index in [0.717, 1.165) is 26.1 Å². The summed E-state index contributed by atoms with van der Waals surface area (Å²) >= 11 is 0. The highest BCUT2D eigenvalue weighted by Crippen LogP contribution is 2.12. The number of likely N-dealkylation sites (tertiary alicyclic amines) is 1. The Balaban J connectivity index is 2.04. The number of carbonyl (C=O) groups is 1. The molecule has 0 aromatic carbocycles. The highest BCUT2D eigenvalue weighted by molar-refractivity contribution is 5.48. The van der Waals surface area contributed by atoms with Crippen LogP contribution in [0.25, 0.3) is 0 Å². The topological polar surface area (TPSA) is 29.5 Å². The zero-order valence-corrected chi connectivity index (χ0v) is 5.54. The molecule has 1 saturated heterocycles. The van der Waals surface area contributed by atoms with Crippen LogP contribution in [0.3, 0.4) is 0 Å². The lowest BCUT2D eigenvalue weighted by molar-refractivity contribution is -0.124. The SMILES string of the molecule is COCC1CN(C=O)C1. The van der Waals surface area contributed by atoms with Gasteiger partial charge in [-0.3, -0.25) is 4.79 Å². The number of hydrogen-bond acceptors (Lipinski definition) is 2. The smallest absolute Gasteiger partial charge is 0.209 e. The molecule has 1 heterocycles. The first kappa shape index (κ1) is 6.55. The van der Waals surface area contributed by atoms with Crippen molar-refractivity contribution >= 4 is 6.41 Å². The summed E-state index contributed by atoms with van der Waals surface area (Å²) in [7, 11) is 1.68. The molecule has 52 valence electrons. The van der Waals surface area contributed by atoms with E-state index in [1.807, 2.05) is 0 Å². The average molecular weight is 129 g/mol. The molecule has 0 N–H and O–H groups in total. The van der Waals surface area contributed by atoms with Gasteiger partial charge in [-0.2, -0.15) is 0 Å². The molecule has 0 bridgehead atoms. The van der Waals surface area contributed by atoms with Gasteiger partial charge in [0.05, 0.1) is 6.61 Å². The predicted molar refractivity (Wildman–Crippen MR) is 33.0 cm³/mol. The van der Waals surface area contributed by atoms with Crippen molar-refractivity contribution in [2.75, 3.05) is 26.8 Å². The molecule has 3 nitrogen and oxygen atoms in total. The van der Waals surface area contributed by atoms with Crippen molar-refractivity contribution in [2.24, 2.45) is 5.92 Å². The van der Waals surface area contributed by atoms with Crippen molar-refractivity contribution in [3.8, 4) is 0 Å². The number of carbonyl (C=O) groups excluding carboxylic acids is 1. The molecule has 0 aromatic rings. The van der Waals surface area contributed by atoms with Crippen LogP contribution in [0.15, 0.2) is 0 Å². The molecule has 0 aromatic heterocycles. The van der Waals surface area contributed by atoms with E-state index in [0.29, 0.717) is 5.92 Å². The zero-order chi connectivity index (χ0) is 6.69. The molecule has 9 heavy (non-hydrogen) atoms. The lowest BCUT2D eigenvalue weighted by atomic mass is 10.0. The lowest BCUT2D eigenvalue weighted by Crippen LogP contribution is -2.47. The van der Waals surface area contributed by atoms with Crippen molar-refractivity contribution in [3.63, 3.8) is 0 Å². The van der Waals surface area contributed by atoms with Crippen LogP contribution in [-0.4, -0.2) is 38.1 Å². The van der Waals surface area contributed by atoms with Gasteiger partial charge in [0.15, 0.2) is 0 Å². The van der Waals surface area contributed by atoms with E-state index in [1.165, 1.54) is 0 Å². The monoisotopic (exact) mass is 129 g/mol. The Labute approximate surface area is 54.6 Å². The molecule has 0 spiro atoms. The van der Waals surface area contributed by atoms with Crippen LogP contribution in [0.4, 0.5) is 0 Å². The third-order valence-electron chi connectivity index (χ3n) is 1.54. The molecule has 1 fully saturated rings. The van der Waals surface area contributed by atoms with Gasteiger partial charge in [-0.25, -0.2) is 0 Å². The van der Waals surface area contributed by atoms with E-state index in [2.05, 4.69) is 0 Å². The first-order valence-electron chi connectivity index (χ1n) is 3.05. The first-order valence-corrected chi connectivity index (χ1v) is 3.05. The number of ether oxygens (including phenoxy) is 1. The quantitative estimate of drug-likeness (QED) is 0.490. The molecular formula is C6H11NO2. The van der Waals surface area contributed by atoms with Crippen molar-refractivity contribution in [1.29, 1.82) is 0 Å². The van der Waals surface area contributed by atoms with Gasteiger partial charge in [-0.15, -0.1) is 0 Å². The van der Waals surface area contributed by atoms with Gasteiger partial charge in [0.1, 0.15) is 0 Å². The molecule has 0 aliphatic carbocycles. The summed E-state index contributed by atoms with van der Waals surface area (Å²) in [6.45, 7) is 2.53. The molecule has 0 atom stereocenters. The minimum absolute atomic E-state index is 0.584. The number of methoxy groups -OCH3 is 1. The Morgan fingerprint density at radius 1 is 1.78 bits per heavy atom. The van der Waals surface area contributed by atoms with Gasteiger partial charge in [-0.1, -0.05) is 0 Å². The molecule has 0 saturated carbocycles. The van der Waals surface area contributed by atoms with Gasteiger partial charge < -0.3 is 9.64 Å². The average Bonchev–Trinajstić information content (AvgIpc) is 1.77. The minimum Gasteiger partial charge on any atom is -0.384 e. The van der Waals surface area contributed by atoms with Crippen LogP contribution < -0.4 is 0 Å². The van der Waals surface area contributed by atoms with E-state index in [1.54, 1.807) is 12.0 Å². The largest absolute Gasteiger partial charge is 0.384 e. The Morgan fingerprint density at radius 3 is 2.89 bits per heavy atom. The maximum atomic E-state index is 10.0. The highest BCUT2D eigenvalue weighted by atomic mass is 16.5. The van der Waals surface area contributed by atoms with Crippen LogP contribution in [-0.2, 0) is 9.53 Å². The van der Waals surface area contributed by atoms with E-state index >= 15 is 0 Å². The Bertz CT molecular complexity index is 99.2. The summed E-state index contributed by atoms with van der Waals surface area (Å²) in [5.74, 6) is 0.584. The van der Waals surface area contributed by atoms with Crippen LogP contribution in [0, 0.1) is 5.92 Å². The first-order chi connectivity index (χ1) is 4.36. The van der Waals surface area contributed by atoms with Crippen molar-refractivity contribution < 1.29 is 9.53 Å². The third-order valence-corrected chi connectivity index (χ3v) is 1.54. The standard InChI is InChI=1S/C6H11NO2/c1-9-4-6-2-7(3-6)5-8/h5-6H,2-4H2,1H3. The van der Waals surface area contributed by atoms with E-state index in [-0.39, 0.29) is 0 Å².